The summed E-state index contributed by atoms with van der Waals surface area (Å²) in [6.07, 6.45) is 6.60. The van der Waals surface area contributed by atoms with Gasteiger partial charge in [0, 0.05) is 0 Å². The van der Waals surface area contributed by atoms with E-state index < -0.39 is 5.97 Å². The van der Waals surface area contributed by atoms with Crippen molar-refractivity contribution >= 4 is 23.3 Å². The monoisotopic (exact) mass is 311 g/mol. The molecule has 0 bridgehead atoms. The Balaban J connectivity index is 0.000000211. The molecule has 0 aromatic heterocycles. The second kappa shape index (κ2) is 9.40. The van der Waals surface area contributed by atoms with Crippen molar-refractivity contribution < 1.29 is 15.1 Å². The lowest BCUT2D eigenvalue weighted by Gasteiger charge is -2.14. The van der Waals surface area contributed by atoms with E-state index in [1.165, 1.54) is 12.8 Å². The van der Waals surface area contributed by atoms with Gasteiger partial charge in [-0.05, 0) is 38.3 Å². The molecule has 0 radical (unpaired) electrons. The highest BCUT2D eigenvalue weighted by Gasteiger charge is 2.15. The molecule has 1 aliphatic rings. The van der Waals surface area contributed by atoms with Crippen LogP contribution >= 0.6 is 11.6 Å². The maximum absolute atomic E-state index is 10.3. The molecule has 0 saturated heterocycles. The van der Waals surface area contributed by atoms with Crippen LogP contribution < -0.4 is 0 Å². The third-order valence-corrected chi connectivity index (χ3v) is 3.90. The first kappa shape index (κ1) is 17.5. The Bertz CT molecular complexity index is 471. The van der Waals surface area contributed by atoms with Gasteiger partial charge in [0.1, 0.15) is 0 Å². The van der Waals surface area contributed by atoms with E-state index in [2.05, 4.69) is 5.16 Å². The fourth-order valence-corrected chi connectivity index (χ4v) is 2.42. The molecule has 0 amide bonds. The molecule has 1 aromatic carbocycles. The molecule has 0 heterocycles. The molecule has 1 unspecified atom stereocenters. The van der Waals surface area contributed by atoms with Gasteiger partial charge in [-0.3, -0.25) is 0 Å². The fraction of sp³-hybridized carbons (Fsp3) is 0.500. The second-order valence-corrected chi connectivity index (χ2v) is 5.71. The lowest BCUT2D eigenvalue weighted by molar-refractivity contribution is 0.0697. The van der Waals surface area contributed by atoms with Crippen LogP contribution in [0.2, 0.25) is 0 Å². The molecule has 21 heavy (non-hydrogen) atoms. The summed E-state index contributed by atoms with van der Waals surface area (Å²) in [7, 11) is 0. The van der Waals surface area contributed by atoms with Gasteiger partial charge in [-0.15, -0.1) is 11.6 Å². The van der Waals surface area contributed by atoms with E-state index in [-0.39, 0.29) is 5.38 Å². The molecule has 5 heteroatoms. The van der Waals surface area contributed by atoms with Gasteiger partial charge >= 0.3 is 5.97 Å². The zero-order chi connectivity index (χ0) is 15.7. The standard InChI is InChI=1S/C8H14ClNO.C8H8O2/c9-7-5-3-1-2-4-6-8(7)10-11;1-6-2-4-7(5-3-6)8(9)10/h7,11H,1-6H2;2-5H,1H3,(H,9,10)/b10-8+;. The summed E-state index contributed by atoms with van der Waals surface area (Å²) in [4.78, 5) is 10.3. The molecule has 0 spiro atoms. The summed E-state index contributed by atoms with van der Waals surface area (Å²) in [5.41, 5.74) is 2.18. The van der Waals surface area contributed by atoms with E-state index in [4.69, 9.17) is 21.9 Å². The minimum absolute atomic E-state index is 0.0275. The van der Waals surface area contributed by atoms with Crippen LogP contribution in [0, 0.1) is 6.92 Å². The van der Waals surface area contributed by atoms with E-state index in [1.54, 1.807) is 24.3 Å². The molecular weight excluding hydrogens is 290 g/mol. The molecule has 2 N–H and O–H groups in total. The third kappa shape index (κ3) is 6.63. The van der Waals surface area contributed by atoms with Crippen LogP contribution in [0.5, 0.6) is 0 Å². The smallest absolute Gasteiger partial charge is 0.335 e. The van der Waals surface area contributed by atoms with Crippen LogP contribution in [0.15, 0.2) is 29.4 Å². The van der Waals surface area contributed by atoms with Gasteiger partial charge in [0.05, 0.1) is 16.7 Å². The number of halogens is 1. The Morgan fingerprint density at radius 2 is 1.81 bits per heavy atom. The molecule has 1 atom stereocenters. The fourth-order valence-electron chi connectivity index (χ4n) is 2.12. The maximum Gasteiger partial charge on any atom is 0.335 e. The van der Waals surface area contributed by atoms with Crippen molar-refractivity contribution in [2.75, 3.05) is 0 Å². The molecular formula is C16H22ClNO3. The van der Waals surface area contributed by atoms with Gasteiger partial charge in [0.25, 0.3) is 0 Å². The number of carboxylic acids is 1. The summed E-state index contributed by atoms with van der Waals surface area (Å²) < 4.78 is 0. The predicted molar refractivity (Wildman–Crippen MR) is 84.7 cm³/mol. The molecule has 1 aliphatic carbocycles. The Hall–Kier alpha value is -1.55. The number of rotatable bonds is 1. The summed E-state index contributed by atoms with van der Waals surface area (Å²) in [5.74, 6) is -0.875. The SMILES string of the molecule is Cc1ccc(C(=O)O)cc1.O/N=C1\CCCCCCC1Cl. The van der Waals surface area contributed by atoms with E-state index in [0.29, 0.717) is 5.56 Å². The second-order valence-electron chi connectivity index (χ2n) is 5.18. The molecule has 116 valence electrons. The van der Waals surface area contributed by atoms with Gasteiger partial charge in [-0.2, -0.15) is 0 Å². The highest BCUT2D eigenvalue weighted by molar-refractivity contribution is 6.32. The number of oxime groups is 1. The topological polar surface area (TPSA) is 69.9 Å². The number of aryl methyl sites for hydroxylation is 1. The highest BCUT2D eigenvalue weighted by Crippen LogP contribution is 2.19. The largest absolute Gasteiger partial charge is 0.478 e. The number of alkyl halides is 1. The molecule has 1 saturated carbocycles. The van der Waals surface area contributed by atoms with E-state index >= 15 is 0 Å². The van der Waals surface area contributed by atoms with Crippen molar-refractivity contribution in [3.05, 3.63) is 35.4 Å². The van der Waals surface area contributed by atoms with E-state index in [0.717, 1.165) is 37.0 Å². The zero-order valence-corrected chi connectivity index (χ0v) is 13.0. The molecule has 2 rings (SSSR count). The Kier molecular flexibility index (Phi) is 7.83. The van der Waals surface area contributed by atoms with Crippen LogP contribution in [0.25, 0.3) is 0 Å². The van der Waals surface area contributed by atoms with Crippen molar-refractivity contribution in [3.8, 4) is 0 Å². The number of nitrogens with zero attached hydrogens (tertiary/aromatic N) is 1. The van der Waals surface area contributed by atoms with Crippen molar-refractivity contribution in [2.45, 2.75) is 50.8 Å². The van der Waals surface area contributed by atoms with Crippen LogP contribution in [-0.2, 0) is 0 Å². The molecule has 1 aromatic rings. The van der Waals surface area contributed by atoms with Crippen LogP contribution in [0.3, 0.4) is 0 Å². The molecule has 4 nitrogen and oxygen atoms in total. The average molecular weight is 312 g/mol. The summed E-state index contributed by atoms with van der Waals surface area (Å²) in [6.45, 7) is 1.92. The predicted octanol–water partition coefficient (Wildman–Crippen LogP) is 4.47. The third-order valence-electron chi connectivity index (χ3n) is 3.43. The van der Waals surface area contributed by atoms with Crippen LogP contribution in [0.1, 0.15) is 54.4 Å². The van der Waals surface area contributed by atoms with Crippen molar-refractivity contribution in [1.82, 2.24) is 0 Å². The Morgan fingerprint density at radius 3 is 2.38 bits per heavy atom. The van der Waals surface area contributed by atoms with Crippen molar-refractivity contribution in [1.29, 1.82) is 0 Å². The van der Waals surface area contributed by atoms with E-state index in [9.17, 15) is 4.79 Å². The number of carboxylic acid groups (broad SMARTS) is 1. The lowest BCUT2D eigenvalue weighted by atomic mass is 9.99. The number of carbonyl (C=O) groups is 1. The lowest BCUT2D eigenvalue weighted by Crippen LogP contribution is -2.16. The van der Waals surface area contributed by atoms with Crippen molar-refractivity contribution in [3.63, 3.8) is 0 Å². The van der Waals surface area contributed by atoms with Crippen LogP contribution in [-0.4, -0.2) is 27.4 Å². The van der Waals surface area contributed by atoms with E-state index in [1.807, 2.05) is 6.92 Å². The number of hydrogen-bond donors (Lipinski definition) is 2. The minimum atomic E-state index is -0.875. The summed E-state index contributed by atoms with van der Waals surface area (Å²) in [5, 5.41) is 20.2. The normalized spacial score (nSPS) is 20.9. The summed E-state index contributed by atoms with van der Waals surface area (Å²) in [6, 6.07) is 6.75. The first-order valence-corrected chi connectivity index (χ1v) is 7.63. The van der Waals surface area contributed by atoms with Gasteiger partial charge in [-0.1, -0.05) is 42.1 Å². The number of hydrogen-bond acceptors (Lipinski definition) is 3. The van der Waals surface area contributed by atoms with Gasteiger partial charge in [-0.25, -0.2) is 4.79 Å². The van der Waals surface area contributed by atoms with Gasteiger partial charge in [0.15, 0.2) is 0 Å². The van der Waals surface area contributed by atoms with Gasteiger partial charge in [0.2, 0.25) is 0 Å². The molecule has 0 aliphatic heterocycles. The first-order chi connectivity index (χ1) is 10.0. The average Bonchev–Trinajstić information content (AvgIpc) is 2.45. The van der Waals surface area contributed by atoms with Crippen molar-refractivity contribution in [2.24, 2.45) is 5.16 Å². The minimum Gasteiger partial charge on any atom is -0.478 e. The Morgan fingerprint density at radius 1 is 1.19 bits per heavy atom. The summed E-state index contributed by atoms with van der Waals surface area (Å²) >= 11 is 5.97. The number of aromatic carboxylic acids is 1. The Labute approximate surface area is 130 Å². The number of benzene rings is 1. The highest BCUT2D eigenvalue weighted by atomic mass is 35.5. The molecule has 1 fully saturated rings. The van der Waals surface area contributed by atoms with Gasteiger partial charge < -0.3 is 10.3 Å². The maximum atomic E-state index is 10.3. The first-order valence-electron chi connectivity index (χ1n) is 7.19. The zero-order valence-electron chi connectivity index (χ0n) is 12.3. The van der Waals surface area contributed by atoms with Crippen LogP contribution in [0.4, 0.5) is 0 Å². The quantitative estimate of drug-likeness (QED) is 0.456.